The maximum atomic E-state index is 11.4. The smallest absolute Gasteiger partial charge is 0.251 e. The van der Waals surface area contributed by atoms with Gasteiger partial charge in [-0.2, -0.15) is 0 Å². The lowest BCUT2D eigenvalue weighted by molar-refractivity contribution is 0.0954. The third-order valence-corrected chi connectivity index (χ3v) is 1.77. The molecule has 0 aliphatic carbocycles. The molecule has 74 valence electrons. The molecule has 0 aliphatic rings. The van der Waals surface area contributed by atoms with Crippen molar-refractivity contribution in [3.63, 3.8) is 0 Å². The van der Waals surface area contributed by atoms with E-state index in [4.69, 9.17) is 0 Å². The molecule has 3 nitrogen and oxygen atoms in total. The average molecular weight is 190 g/mol. The Morgan fingerprint density at radius 3 is 2.86 bits per heavy atom. The Morgan fingerprint density at radius 2 is 2.21 bits per heavy atom. The summed E-state index contributed by atoms with van der Waals surface area (Å²) in [5.74, 6) is -0.0445. The molecular weight excluding hydrogens is 176 g/mol. The fourth-order valence-electron chi connectivity index (χ4n) is 1.04. The van der Waals surface area contributed by atoms with Gasteiger partial charge in [-0.3, -0.25) is 9.78 Å². The van der Waals surface area contributed by atoms with E-state index in [1.54, 1.807) is 24.5 Å². The summed E-state index contributed by atoms with van der Waals surface area (Å²) in [5.41, 5.74) is 0.653. The minimum absolute atomic E-state index is 0.0445. The van der Waals surface area contributed by atoms with E-state index in [9.17, 15) is 4.79 Å². The van der Waals surface area contributed by atoms with Gasteiger partial charge in [-0.25, -0.2) is 0 Å². The minimum atomic E-state index is -0.0445. The second-order valence-electron chi connectivity index (χ2n) is 2.85. The maximum Gasteiger partial charge on any atom is 0.251 e. The van der Waals surface area contributed by atoms with Gasteiger partial charge in [0, 0.05) is 24.5 Å². The summed E-state index contributed by atoms with van der Waals surface area (Å²) >= 11 is 0. The molecule has 1 rings (SSSR count). The van der Waals surface area contributed by atoms with Crippen LogP contribution in [0.25, 0.3) is 0 Å². The molecule has 1 aromatic rings. The Labute approximate surface area is 83.9 Å². The van der Waals surface area contributed by atoms with Crippen molar-refractivity contribution in [2.24, 2.45) is 0 Å². The van der Waals surface area contributed by atoms with Gasteiger partial charge in [0.25, 0.3) is 5.91 Å². The van der Waals surface area contributed by atoms with E-state index in [0.717, 1.165) is 6.42 Å². The summed E-state index contributed by atoms with van der Waals surface area (Å²) in [7, 11) is 0. The van der Waals surface area contributed by atoms with Crippen LogP contribution < -0.4 is 5.32 Å². The molecule has 0 saturated carbocycles. The van der Waals surface area contributed by atoms with Crippen molar-refractivity contribution >= 4 is 5.91 Å². The van der Waals surface area contributed by atoms with E-state index >= 15 is 0 Å². The molecule has 0 aromatic carbocycles. The van der Waals surface area contributed by atoms with E-state index in [1.165, 1.54) is 0 Å². The van der Waals surface area contributed by atoms with Gasteiger partial charge in [-0.05, 0) is 25.5 Å². The van der Waals surface area contributed by atoms with Crippen molar-refractivity contribution < 1.29 is 4.79 Å². The van der Waals surface area contributed by atoms with Crippen LogP contribution in [0.2, 0.25) is 0 Å². The Hall–Kier alpha value is -1.64. The van der Waals surface area contributed by atoms with Gasteiger partial charge < -0.3 is 5.32 Å². The van der Waals surface area contributed by atoms with Gasteiger partial charge in [-0.1, -0.05) is 12.2 Å². The normalized spacial score (nSPS) is 10.4. The number of nitrogens with zero attached hydrogens (tertiary/aromatic N) is 1. The van der Waals surface area contributed by atoms with Crippen molar-refractivity contribution in [3.8, 4) is 0 Å². The predicted octanol–water partition coefficient (Wildman–Crippen LogP) is 1.78. The zero-order valence-electron chi connectivity index (χ0n) is 8.23. The molecule has 0 spiro atoms. The molecule has 1 amide bonds. The van der Waals surface area contributed by atoms with E-state index < -0.39 is 0 Å². The van der Waals surface area contributed by atoms with Crippen LogP contribution in [0.4, 0.5) is 0 Å². The highest BCUT2D eigenvalue weighted by atomic mass is 16.1. The zero-order valence-corrected chi connectivity index (χ0v) is 8.23. The molecule has 0 saturated heterocycles. The molecule has 0 radical (unpaired) electrons. The van der Waals surface area contributed by atoms with Gasteiger partial charge in [0.05, 0.1) is 0 Å². The van der Waals surface area contributed by atoms with E-state index in [1.807, 2.05) is 19.1 Å². The van der Waals surface area contributed by atoms with Gasteiger partial charge in [0.15, 0.2) is 0 Å². The third-order valence-electron chi connectivity index (χ3n) is 1.77. The molecule has 1 aromatic heterocycles. The quantitative estimate of drug-likeness (QED) is 0.581. The topological polar surface area (TPSA) is 42.0 Å². The van der Waals surface area contributed by atoms with Crippen LogP contribution in [0.3, 0.4) is 0 Å². The summed E-state index contributed by atoms with van der Waals surface area (Å²) in [6.07, 6.45) is 8.08. The molecule has 0 atom stereocenters. The minimum Gasteiger partial charge on any atom is -0.352 e. The molecule has 0 fully saturated rings. The van der Waals surface area contributed by atoms with Crippen LogP contribution in [0.5, 0.6) is 0 Å². The largest absolute Gasteiger partial charge is 0.352 e. The van der Waals surface area contributed by atoms with Crippen molar-refractivity contribution in [1.82, 2.24) is 10.3 Å². The molecule has 0 unspecified atom stereocenters. The first kappa shape index (κ1) is 10.4. The van der Waals surface area contributed by atoms with Crippen LogP contribution in [0.1, 0.15) is 23.7 Å². The molecule has 1 N–H and O–H groups in total. The standard InChI is InChI=1S/C11H14N2O/c1-2-3-4-7-13-11(14)10-5-8-12-9-6-10/h2-3,5-6,8-9H,4,7H2,1H3,(H,13,14)/b3-2+. The molecule has 14 heavy (non-hydrogen) atoms. The molecule has 0 aliphatic heterocycles. The summed E-state index contributed by atoms with van der Waals surface area (Å²) in [6, 6.07) is 3.40. The summed E-state index contributed by atoms with van der Waals surface area (Å²) in [5, 5.41) is 2.82. The van der Waals surface area contributed by atoms with Crippen LogP contribution in [-0.4, -0.2) is 17.4 Å². The summed E-state index contributed by atoms with van der Waals surface area (Å²) in [6.45, 7) is 2.64. The summed E-state index contributed by atoms with van der Waals surface area (Å²) in [4.78, 5) is 15.3. The first-order chi connectivity index (χ1) is 6.84. The fourth-order valence-corrected chi connectivity index (χ4v) is 1.04. The molecule has 1 heterocycles. The zero-order chi connectivity index (χ0) is 10.2. The van der Waals surface area contributed by atoms with Crippen molar-refractivity contribution in [2.75, 3.05) is 6.54 Å². The number of amides is 1. The number of carbonyl (C=O) groups excluding carboxylic acids is 1. The highest BCUT2D eigenvalue weighted by Crippen LogP contribution is 1.95. The highest BCUT2D eigenvalue weighted by molar-refractivity contribution is 5.93. The van der Waals surface area contributed by atoms with Crippen molar-refractivity contribution in [2.45, 2.75) is 13.3 Å². The van der Waals surface area contributed by atoms with Gasteiger partial charge >= 0.3 is 0 Å². The number of carbonyl (C=O) groups is 1. The van der Waals surface area contributed by atoms with Gasteiger partial charge in [-0.15, -0.1) is 0 Å². The monoisotopic (exact) mass is 190 g/mol. The first-order valence-corrected chi connectivity index (χ1v) is 4.64. The number of aromatic nitrogens is 1. The van der Waals surface area contributed by atoms with Crippen LogP contribution in [0, 0.1) is 0 Å². The van der Waals surface area contributed by atoms with E-state index in [2.05, 4.69) is 10.3 Å². The second kappa shape index (κ2) is 5.91. The van der Waals surface area contributed by atoms with Crippen LogP contribution in [-0.2, 0) is 0 Å². The van der Waals surface area contributed by atoms with Crippen molar-refractivity contribution in [1.29, 1.82) is 0 Å². The van der Waals surface area contributed by atoms with E-state index in [-0.39, 0.29) is 5.91 Å². The molecule has 3 heteroatoms. The Kier molecular flexibility index (Phi) is 4.41. The number of nitrogens with one attached hydrogen (secondary N) is 1. The maximum absolute atomic E-state index is 11.4. The number of rotatable bonds is 4. The third kappa shape index (κ3) is 3.39. The number of hydrogen-bond acceptors (Lipinski definition) is 2. The molecular formula is C11H14N2O. The van der Waals surface area contributed by atoms with Gasteiger partial charge in [0.1, 0.15) is 0 Å². The SMILES string of the molecule is C/C=C/CCNC(=O)c1ccncc1. The lowest BCUT2D eigenvalue weighted by Crippen LogP contribution is -2.23. The van der Waals surface area contributed by atoms with Crippen LogP contribution in [0.15, 0.2) is 36.7 Å². The average Bonchev–Trinajstić information content (AvgIpc) is 2.25. The molecule has 0 bridgehead atoms. The lowest BCUT2D eigenvalue weighted by Gasteiger charge is -2.02. The predicted molar refractivity (Wildman–Crippen MR) is 56.0 cm³/mol. The second-order valence-corrected chi connectivity index (χ2v) is 2.85. The van der Waals surface area contributed by atoms with Crippen molar-refractivity contribution in [3.05, 3.63) is 42.2 Å². The van der Waals surface area contributed by atoms with E-state index in [0.29, 0.717) is 12.1 Å². The highest BCUT2D eigenvalue weighted by Gasteiger charge is 2.01. The fraction of sp³-hybridized carbons (Fsp3) is 0.273. The van der Waals surface area contributed by atoms with Gasteiger partial charge in [0.2, 0.25) is 0 Å². The number of allylic oxidation sites excluding steroid dienone is 1. The summed E-state index contributed by atoms with van der Waals surface area (Å²) < 4.78 is 0. The number of pyridine rings is 1. The Morgan fingerprint density at radius 1 is 1.50 bits per heavy atom. The first-order valence-electron chi connectivity index (χ1n) is 4.64. The lowest BCUT2D eigenvalue weighted by atomic mass is 10.2. The number of hydrogen-bond donors (Lipinski definition) is 1. The Bertz CT molecular complexity index is 306. The Balaban J connectivity index is 2.36. The van der Waals surface area contributed by atoms with Crippen LogP contribution >= 0.6 is 0 Å².